The number of anilines is 1. The summed E-state index contributed by atoms with van der Waals surface area (Å²) >= 11 is 0. The maximum atomic E-state index is 11.0. The van der Waals surface area contributed by atoms with Gasteiger partial charge in [-0.25, -0.2) is 0 Å². The topological polar surface area (TPSA) is 38.3 Å². The second-order valence-corrected chi connectivity index (χ2v) is 3.29. The summed E-state index contributed by atoms with van der Waals surface area (Å²) in [5.41, 5.74) is 0.622. The van der Waals surface area contributed by atoms with Crippen molar-refractivity contribution >= 4 is 11.6 Å². The van der Waals surface area contributed by atoms with Gasteiger partial charge in [-0.05, 0) is 24.3 Å². The van der Waals surface area contributed by atoms with E-state index < -0.39 is 0 Å². The highest BCUT2D eigenvalue weighted by atomic mass is 16.5. The number of carbonyl (C=O) groups is 1. The van der Waals surface area contributed by atoms with Gasteiger partial charge in [0.05, 0.1) is 5.69 Å². The van der Waals surface area contributed by atoms with Crippen LogP contribution in [0.1, 0.15) is 6.92 Å². The van der Waals surface area contributed by atoms with Gasteiger partial charge in [0, 0.05) is 6.92 Å². The lowest BCUT2D eigenvalue weighted by atomic mass is 10.3. The Kier molecular flexibility index (Phi) is 4.76. The third-order valence-electron chi connectivity index (χ3n) is 1.91. The molecule has 1 aromatic carbocycles. The van der Waals surface area contributed by atoms with Crippen molar-refractivity contribution in [1.29, 1.82) is 0 Å². The number of hydrogen-bond donors (Lipinski definition) is 1. The molecule has 1 rings (SSSR count). The van der Waals surface area contributed by atoms with Gasteiger partial charge in [-0.1, -0.05) is 31.4 Å². The van der Waals surface area contributed by atoms with E-state index in [9.17, 15) is 4.79 Å². The molecule has 0 aromatic heterocycles. The fraction of sp³-hybridized carbons (Fsp3) is 0.0714. The Labute approximate surface area is 101 Å². The summed E-state index contributed by atoms with van der Waals surface area (Å²) in [6.45, 7) is 8.67. The molecule has 0 aliphatic carbocycles. The van der Waals surface area contributed by atoms with Crippen LogP contribution in [-0.2, 0) is 4.79 Å². The zero-order chi connectivity index (χ0) is 12.7. The molecule has 17 heavy (non-hydrogen) atoms. The molecule has 0 saturated heterocycles. The summed E-state index contributed by atoms with van der Waals surface area (Å²) in [5.74, 6) is 0.988. The van der Waals surface area contributed by atoms with Crippen LogP contribution in [0.5, 0.6) is 5.75 Å². The van der Waals surface area contributed by atoms with Crippen molar-refractivity contribution in [3.8, 4) is 5.75 Å². The predicted molar refractivity (Wildman–Crippen MR) is 69.9 cm³/mol. The van der Waals surface area contributed by atoms with Crippen molar-refractivity contribution < 1.29 is 9.53 Å². The zero-order valence-corrected chi connectivity index (χ0v) is 9.77. The second kappa shape index (κ2) is 6.33. The van der Waals surface area contributed by atoms with Crippen LogP contribution in [0.2, 0.25) is 0 Å². The van der Waals surface area contributed by atoms with Crippen molar-refractivity contribution in [3.05, 3.63) is 61.4 Å². The fourth-order valence-electron chi connectivity index (χ4n) is 1.24. The number of amides is 1. The third-order valence-corrected chi connectivity index (χ3v) is 1.91. The highest BCUT2D eigenvalue weighted by molar-refractivity contribution is 5.90. The minimum Gasteiger partial charge on any atom is -0.455 e. The molecule has 0 unspecified atom stereocenters. The Bertz CT molecular complexity index is 461. The Morgan fingerprint density at radius 2 is 2.06 bits per heavy atom. The number of carbonyl (C=O) groups excluding carboxylic acids is 1. The average Bonchev–Trinajstić information content (AvgIpc) is 2.30. The molecule has 0 atom stereocenters. The number of nitrogens with one attached hydrogen (secondary N) is 1. The van der Waals surface area contributed by atoms with Crippen molar-refractivity contribution in [2.24, 2.45) is 0 Å². The van der Waals surface area contributed by atoms with Crippen LogP contribution >= 0.6 is 0 Å². The first-order chi connectivity index (χ1) is 8.17. The summed E-state index contributed by atoms with van der Waals surface area (Å²) in [5, 5.41) is 2.69. The second-order valence-electron chi connectivity index (χ2n) is 3.29. The van der Waals surface area contributed by atoms with Gasteiger partial charge in [0.1, 0.15) is 5.76 Å². The highest BCUT2D eigenvalue weighted by Crippen LogP contribution is 2.25. The monoisotopic (exact) mass is 229 g/mol. The smallest absolute Gasteiger partial charge is 0.221 e. The van der Waals surface area contributed by atoms with E-state index in [0.717, 1.165) is 0 Å². The molecule has 0 bridgehead atoms. The largest absolute Gasteiger partial charge is 0.455 e. The quantitative estimate of drug-likeness (QED) is 0.621. The Morgan fingerprint density at radius 3 is 2.65 bits per heavy atom. The van der Waals surface area contributed by atoms with E-state index in [2.05, 4.69) is 18.5 Å². The van der Waals surface area contributed by atoms with Crippen molar-refractivity contribution in [2.45, 2.75) is 6.92 Å². The molecule has 1 N–H and O–H groups in total. The molecular weight excluding hydrogens is 214 g/mol. The Balaban J connectivity index is 2.97. The van der Waals surface area contributed by atoms with E-state index in [0.29, 0.717) is 17.2 Å². The molecule has 3 nitrogen and oxygen atoms in total. The van der Waals surface area contributed by atoms with Gasteiger partial charge in [0.15, 0.2) is 5.75 Å². The molecule has 1 amide bonds. The van der Waals surface area contributed by atoms with Crippen LogP contribution in [0.4, 0.5) is 5.69 Å². The Morgan fingerprint density at radius 1 is 1.35 bits per heavy atom. The highest BCUT2D eigenvalue weighted by Gasteiger charge is 2.05. The number of benzene rings is 1. The van der Waals surface area contributed by atoms with E-state index >= 15 is 0 Å². The number of rotatable bonds is 5. The molecule has 0 spiro atoms. The standard InChI is InChI=1S/C14H15NO2/c1-4-8-12(5-2)17-14-10-7-6-9-13(14)15-11(3)16/h4-10H,1-2H2,3H3,(H,15,16)/b12-8+. The van der Waals surface area contributed by atoms with Gasteiger partial charge in [-0.15, -0.1) is 0 Å². The van der Waals surface area contributed by atoms with Crippen molar-refractivity contribution in [3.63, 3.8) is 0 Å². The molecule has 0 heterocycles. The van der Waals surface area contributed by atoms with Gasteiger partial charge in [0.25, 0.3) is 0 Å². The van der Waals surface area contributed by atoms with Gasteiger partial charge < -0.3 is 10.1 Å². The normalized spacial score (nSPS) is 10.5. The van der Waals surface area contributed by atoms with E-state index in [1.165, 1.54) is 6.92 Å². The van der Waals surface area contributed by atoms with Crippen LogP contribution in [-0.4, -0.2) is 5.91 Å². The van der Waals surface area contributed by atoms with Gasteiger partial charge in [-0.2, -0.15) is 0 Å². The summed E-state index contributed by atoms with van der Waals surface area (Å²) in [6, 6.07) is 7.19. The lowest BCUT2D eigenvalue weighted by molar-refractivity contribution is -0.114. The summed E-state index contributed by atoms with van der Waals surface area (Å²) in [4.78, 5) is 11.0. The third kappa shape index (κ3) is 3.99. The number of hydrogen-bond acceptors (Lipinski definition) is 2. The van der Waals surface area contributed by atoms with E-state index in [4.69, 9.17) is 4.74 Å². The first-order valence-electron chi connectivity index (χ1n) is 5.17. The van der Waals surface area contributed by atoms with Crippen molar-refractivity contribution in [2.75, 3.05) is 5.32 Å². The lowest BCUT2D eigenvalue weighted by Crippen LogP contribution is -2.07. The minimum atomic E-state index is -0.145. The van der Waals surface area contributed by atoms with Crippen LogP contribution in [0, 0.1) is 0 Å². The molecule has 0 aliphatic heterocycles. The summed E-state index contributed by atoms with van der Waals surface area (Å²) in [6.07, 6.45) is 4.88. The van der Waals surface area contributed by atoms with Crippen LogP contribution in [0.25, 0.3) is 0 Å². The maximum absolute atomic E-state index is 11.0. The zero-order valence-electron chi connectivity index (χ0n) is 9.77. The number of para-hydroxylation sites is 2. The number of ether oxygens (including phenoxy) is 1. The molecule has 0 radical (unpaired) electrons. The number of allylic oxidation sites excluding steroid dienone is 3. The molecule has 0 fully saturated rings. The summed E-state index contributed by atoms with van der Waals surface area (Å²) in [7, 11) is 0. The van der Waals surface area contributed by atoms with Gasteiger partial charge in [0.2, 0.25) is 5.91 Å². The van der Waals surface area contributed by atoms with Crippen molar-refractivity contribution in [1.82, 2.24) is 0 Å². The molecule has 88 valence electrons. The SMILES string of the molecule is C=C/C=C(\C=C)Oc1ccccc1NC(C)=O. The fourth-order valence-corrected chi connectivity index (χ4v) is 1.24. The molecule has 3 heteroatoms. The molecular formula is C14H15NO2. The van der Waals surface area contributed by atoms with E-state index in [-0.39, 0.29) is 5.91 Å². The van der Waals surface area contributed by atoms with Gasteiger partial charge in [-0.3, -0.25) is 4.79 Å². The predicted octanol–water partition coefficient (Wildman–Crippen LogP) is 3.28. The summed E-state index contributed by atoms with van der Waals surface area (Å²) < 4.78 is 5.59. The molecule has 0 saturated carbocycles. The van der Waals surface area contributed by atoms with E-state index in [1.807, 2.05) is 12.1 Å². The maximum Gasteiger partial charge on any atom is 0.221 e. The average molecular weight is 229 g/mol. The lowest BCUT2D eigenvalue weighted by Gasteiger charge is -2.11. The minimum absolute atomic E-state index is 0.145. The van der Waals surface area contributed by atoms with Crippen LogP contribution in [0.15, 0.2) is 61.4 Å². The first-order valence-corrected chi connectivity index (χ1v) is 5.17. The first kappa shape index (κ1) is 12.8. The van der Waals surface area contributed by atoms with Gasteiger partial charge >= 0.3 is 0 Å². The molecule has 0 aliphatic rings. The van der Waals surface area contributed by atoms with Crippen LogP contribution < -0.4 is 10.1 Å². The Hall–Kier alpha value is -2.29. The molecule has 1 aromatic rings. The van der Waals surface area contributed by atoms with Crippen LogP contribution in [0.3, 0.4) is 0 Å². The van der Waals surface area contributed by atoms with E-state index in [1.54, 1.807) is 30.4 Å².